The molecule has 24 heavy (non-hydrogen) atoms. The predicted octanol–water partition coefficient (Wildman–Crippen LogP) is 6.10. The Bertz CT molecular complexity index is 955. The zero-order chi connectivity index (χ0) is 16.9. The normalized spacial score (nSPS) is 12.0. The first-order chi connectivity index (χ1) is 11.7. The Morgan fingerprint density at radius 3 is 2.58 bits per heavy atom. The standard InChI is InChI=1S/C21H17ClN2/c1-3-4-5-8-15(2)19-14-20(22)24-21(23-19)18-12-11-16-9-6-7-10-17(16)13-18/h3-14H,1H2,2H3/b5-4-,15-8+. The highest BCUT2D eigenvalue weighted by Crippen LogP contribution is 2.25. The number of halogens is 1. The van der Waals surface area contributed by atoms with Crippen LogP contribution in [0.5, 0.6) is 0 Å². The van der Waals surface area contributed by atoms with E-state index in [0.717, 1.165) is 22.2 Å². The summed E-state index contributed by atoms with van der Waals surface area (Å²) in [5.74, 6) is 0.628. The molecule has 3 aromatic rings. The van der Waals surface area contributed by atoms with Crippen LogP contribution in [0.4, 0.5) is 0 Å². The number of aromatic nitrogens is 2. The first kappa shape index (κ1) is 16.2. The summed E-state index contributed by atoms with van der Waals surface area (Å²) in [6.45, 7) is 5.66. The number of rotatable bonds is 4. The summed E-state index contributed by atoms with van der Waals surface area (Å²) in [5.41, 5.74) is 2.78. The van der Waals surface area contributed by atoms with E-state index < -0.39 is 0 Å². The van der Waals surface area contributed by atoms with E-state index in [9.17, 15) is 0 Å². The first-order valence-corrected chi connectivity index (χ1v) is 8.05. The fourth-order valence-corrected chi connectivity index (χ4v) is 2.62. The fraction of sp³-hybridized carbons (Fsp3) is 0.0476. The van der Waals surface area contributed by atoms with Crippen LogP contribution in [0.15, 0.2) is 79.4 Å². The Morgan fingerprint density at radius 2 is 1.79 bits per heavy atom. The molecule has 0 radical (unpaired) electrons. The van der Waals surface area contributed by atoms with Crippen LogP contribution < -0.4 is 0 Å². The van der Waals surface area contributed by atoms with Crippen molar-refractivity contribution < 1.29 is 0 Å². The molecule has 0 unspecified atom stereocenters. The Labute approximate surface area is 146 Å². The average molecular weight is 333 g/mol. The fourth-order valence-electron chi connectivity index (χ4n) is 2.44. The maximum Gasteiger partial charge on any atom is 0.161 e. The van der Waals surface area contributed by atoms with Crippen LogP contribution in [0.25, 0.3) is 27.7 Å². The summed E-state index contributed by atoms with van der Waals surface area (Å²) >= 11 is 6.21. The molecule has 1 heterocycles. The highest BCUT2D eigenvalue weighted by atomic mass is 35.5. The highest BCUT2D eigenvalue weighted by molar-refractivity contribution is 6.29. The van der Waals surface area contributed by atoms with Crippen molar-refractivity contribution in [3.05, 3.63) is 90.3 Å². The summed E-state index contributed by atoms with van der Waals surface area (Å²) < 4.78 is 0. The highest BCUT2D eigenvalue weighted by Gasteiger charge is 2.08. The van der Waals surface area contributed by atoms with Gasteiger partial charge in [-0.1, -0.05) is 78.9 Å². The molecule has 0 spiro atoms. The molecule has 0 aliphatic heterocycles. The number of fused-ring (bicyclic) bond motifs is 1. The third-order valence-corrected chi connectivity index (χ3v) is 3.89. The van der Waals surface area contributed by atoms with Gasteiger partial charge in [-0.3, -0.25) is 0 Å². The zero-order valence-electron chi connectivity index (χ0n) is 13.4. The number of benzene rings is 2. The summed E-state index contributed by atoms with van der Waals surface area (Å²) in [6, 6.07) is 16.2. The van der Waals surface area contributed by atoms with Crippen molar-refractivity contribution >= 4 is 27.9 Å². The lowest BCUT2D eigenvalue weighted by Gasteiger charge is -2.07. The lowest BCUT2D eigenvalue weighted by molar-refractivity contribution is 1.15. The molecular formula is C21H17ClN2. The Kier molecular flexibility index (Phi) is 4.88. The van der Waals surface area contributed by atoms with Gasteiger partial charge in [-0.05, 0) is 29.3 Å². The minimum atomic E-state index is 0.434. The van der Waals surface area contributed by atoms with Crippen LogP contribution in [-0.4, -0.2) is 9.97 Å². The van der Waals surface area contributed by atoms with Crippen molar-refractivity contribution in [2.75, 3.05) is 0 Å². The molecule has 0 aliphatic carbocycles. The van der Waals surface area contributed by atoms with E-state index in [1.165, 1.54) is 5.39 Å². The van der Waals surface area contributed by atoms with E-state index in [1.54, 1.807) is 12.1 Å². The SMILES string of the molecule is C=C/C=C\C=C(/C)c1cc(Cl)nc(-c2ccc3ccccc3c2)n1. The van der Waals surface area contributed by atoms with Gasteiger partial charge < -0.3 is 0 Å². The molecule has 118 valence electrons. The van der Waals surface area contributed by atoms with Crippen molar-refractivity contribution in [3.63, 3.8) is 0 Å². The topological polar surface area (TPSA) is 25.8 Å². The van der Waals surface area contributed by atoms with E-state index in [-0.39, 0.29) is 0 Å². The van der Waals surface area contributed by atoms with Gasteiger partial charge in [0.1, 0.15) is 5.15 Å². The van der Waals surface area contributed by atoms with Crippen molar-refractivity contribution in [1.82, 2.24) is 9.97 Å². The Balaban J connectivity index is 2.05. The summed E-state index contributed by atoms with van der Waals surface area (Å²) in [5, 5.41) is 2.78. The van der Waals surface area contributed by atoms with Crippen LogP contribution in [0.2, 0.25) is 5.15 Å². The smallest absolute Gasteiger partial charge is 0.161 e. The van der Waals surface area contributed by atoms with Crippen LogP contribution in [0, 0.1) is 0 Å². The van der Waals surface area contributed by atoms with Crippen molar-refractivity contribution in [2.24, 2.45) is 0 Å². The first-order valence-electron chi connectivity index (χ1n) is 7.67. The second kappa shape index (κ2) is 7.24. The average Bonchev–Trinajstić information content (AvgIpc) is 2.61. The van der Waals surface area contributed by atoms with E-state index in [1.807, 2.05) is 43.4 Å². The van der Waals surface area contributed by atoms with Gasteiger partial charge in [-0.25, -0.2) is 9.97 Å². The van der Waals surface area contributed by atoms with E-state index >= 15 is 0 Å². The molecule has 0 fully saturated rings. The molecule has 3 heteroatoms. The van der Waals surface area contributed by atoms with Crippen LogP contribution in [0.1, 0.15) is 12.6 Å². The third-order valence-electron chi connectivity index (χ3n) is 3.70. The number of allylic oxidation sites excluding steroid dienone is 5. The minimum Gasteiger partial charge on any atom is -0.228 e. The van der Waals surface area contributed by atoms with Crippen LogP contribution in [-0.2, 0) is 0 Å². The maximum atomic E-state index is 6.21. The molecule has 2 aromatic carbocycles. The van der Waals surface area contributed by atoms with Gasteiger partial charge >= 0.3 is 0 Å². The summed E-state index contributed by atoms with van der Waals surface area (Å²) in [4.78, 5) is 9.05. The van der Waals surface area contributed by atoms with Gasteiger partial charge in [0.25, 0.3) is 0 Å². The Hall–Kier alpha value is -2.71. The number of hydrogen-bond acceptors (Lipinski definition) is 2. The molecule has 2 nitrogen and oxygen atoms in total. The molecule has 0 bridgehead atoms. The van der Waals surface area contributed by atoms with Gasteiger partial charge in [0.2, 0.25) is 0 Å². The van der Waals surface area contributed by atoms with E-state index in [2.05, 4.69) is 40.8 Å². The van der Waals surface area contributed by atoms with Crippen molar-refractivity contribution in [1.29, 1.82) is 0 Å². The van der Waals surface area contributed by atoms with Crippen LogP contribution >= 0.6 is 11.6 Å². The molecular weight excluding hydrogens is 316 g/mol. The van der Waals surface area contributed by atoms with Crippen molar-refractivity contribution in [3.8, 4) is 11.4 Å². The maximum absolute atomic E-state index is 6.21. The van der Waals surface area contributed by atoms with E-state index in [4.69, 9.17) is 11.6 Å². The van der Waals surface area contributed by atoms with Gasteiger partial charge in [0.15, 0.2) is 5.82 Å². The molecule has 0 amide bonds. The molecule has 0 atom stereocenters. The molecule has 0 saturated heterocycles. The Morgan fingerprint density at radius 1 is 1.00 bits per heavy atom. The second-order valence-corrected chi connectivity index (χ2v) is 5.82. The quantitative estimate of drug-likeness (QED) is 0.426. The lowest BCUT2D eigenvalue weighted by Crippen LogP contribution is -1.95. The number of nitrogens with zero attached hydrogens (tertiary/aromatic N) is 2. The summed E-state index contributed by atoms with van der Waals surface area (Å²) in [6.07, 6.45) is 7.51. The molecule has 0 N–H and O–H groups in total. The van der Waals surface area contributed by atoms with Gasteiger partial charge in [-0.2, -0.15) is 0 Å². The number of hydrogen-bond donors (Lipinski definition) is 0. The molecule has 3 rings (SSSR count). The molecule has 0 saturated carbocycles. The minimum absolute atomic E-state index is 0.434. The van der Waals surface area contributed by atoms with Gasteiger partial charge in [0.05, 0.1) is 5.69 Å². The second-order valence-electron chi connectivity index (χ2n) is 5.43. The monoisotopic (exact) mass is 332 g/mol. The zero-order valence-corrected chi connectivity index (χ0v) is 14.2. The third kappa shape index (κ3) is 3.61. The van der Waals surface area contributed by atoms with E-state index in [0.29, 0.717) is 11.0 Å². The van der Waals surface area contributed by atoms with Gasteiger partial charge in [0, 0.05) is 11.6 Å². The van der Waals surface area contributed by atoms with Gasteiger partial charge in [-0.15, -0.1) is 0 Å². The van der Waals surface area contributed by atoms with Crippen molar-refractivity contribution in [2.45, 2.75) is 6.92 Å². The largest absolute Gasteiger partial charge is 0.228 e. The molecule has 1 aromatic heterocycles. The predicted molar refractivity (Wildman–Crippen MR) is 103 cm³/mol. The van der Waals surface area contributed by atoms with Crippen LogP contribution in [0.3, 0.4) is 0 Å². The molecule has 0 aliphatic rings. The lowest BCUT2D eigenvalue weighted by atomic mass is 10.1. The summed E-state index contributed by atoms with van der Waals surface area (Å²) in [7, 11) is 0.